The number of carbonyl (C=O) groups is 3. The van der Waals surface area contributed by atoms with E-state index in [0.717, 1.165) is 12.8 Å². The predicted molar refractivity (Wildman–Crippen MR) is 146 cm³/mol. The Hall–Kier alpha value is -3.18. The monoisotopic (exact) mass is 598 g/mol. The molecule has 2 aliphatic rings. The Morgan fingerprint density at radius 3 is 2.40 bits per heavy atom. The molecule has 0 saturated carbocycles. The van der Waals surface area contributed by atoms with Crippen LogP contribution in [0.25, 0.3) is 0 Å². The molecule has 3 atom stereocenters. The third kappa shape index (κ3) is 6.93. The SMILES string of the molecule is CC(C)(Oc1cc(CC(=O)O)c(Cl)cc1Cl)C(=O)N[C@H]1C[C@H]2CC[C@@H](C1)N2c1ccc(C(=O)NCC(F)F)cn1. The van der Waals surface area contributed by atoms with Crippen LogP contribution in [0.15, 0.2) is 30.5 Å². The quantitative estimate of drug-likeness (QED) is 0.368. The van der Waals surface area contributed by atoms with Crippen molar-refractivity contribution in [3.8, 4) is 5.75 Å². The van der Waals surface area contributed by atoms with Gasteiger partial charge >= 0.3 is 5.97 Å². The fourth-order valence-electron chi connectivity index (χ4n) is 5.24. The van der Waals surface area contributed by atoms with Crippen molar-refractivity contribution < 1.29 is 33.0 Å². The summed E-state index contributed by atoms with van der Waals surface area (Å²) in [6, 6.07) is 6.27. The number of rotatable bonds is 10. The molecule has 4 rings (SSSR count). The van der Waals surface area contributed by atoms with Crippen LogP contribution in [0.1, 0.15) is 55.5 Å². The molecule has 3 heterocycles. The van der Waals surface area contributed by atoms with Crippen LogP contribution in [0, 0.1) is 0 Å². The summed E-state index contributed by atoms with van der Waals surface area (Å²) < 4.78 is 30.7. The molecular weight excluding hydrogens is 569 g/mol. The smallest absolute Gasteiger partial charge is 0.307 e. The first-order chi connectivity index (χ1) is 18.8. The Balaban J connectivity index is 1.38. The van der Waals surface area contributed by atoms with Crippen LogP contribution in [0.4, 0.5) is 14.6 Å². The van der Waals surface area contributed by atoms with Crippen LogP contribution in [0.5, 0.6) is 5.75 Å². The summed E-state index contributed by atoms with van der Waals surface area (Å²) in [5, 5.41) is 14.7. The summed E-state index contributed by atoms with van der Waals surface area (Å²) in [6.07, 6.45) is 1.64. The molecule has 40 heavy (non-hydrogen) atoms. The highest BCUT2D eigenvalue weighted by atomic mass is 35.5. The van der Waals surface area contributed by atoms with E-state index in [1.165, 1.54) is 18.3 Å². The number of alkyl halides is 2. The lowest BCUT2D eigenvalue weighted by Gasteiger charge is -2.40. The molecule has 3 N–H and O–H groups in total. The number of carbonyl (C=O) groups excluding carboxylic acids is 2. The zero-order valence-electron chi connectivity index (χ0n) is 21.9. The van der Waals surface area contributed by atoms with Crippen molar-refractivity contribution in [2.75, 3.05) is 11.4 Å². The summed E-state index contributed by atoms with van der Waals surface area (Å²) >= 11 is 12.4. The van der Waals surface area contributed by atoms with Gasteiger partial charge in [0.25, 0.3) is 18.2 Å². The molecule has 9 nitrogen and oxygen atoms in total. The normalized spacial score (nSPS) is 20.4. The number of pyridine rings is 1. The van der Waals surface area contributed by atoms with Gasteiger partial charge in [0.2, 0.25) is 0 Å². The van der Waals surface area contributed by atoms with E-state index in [1.807, 2.05) is 0 Å². The maximum Gasteiger partial charge on any atom is 0.307 e. The molecule has 0 unspecified atom stereocenters. The molecule has 2 aromatic rings. The number of carboxylic acid groups (broad SMARTS) is 1. The third-order valence-corrected chi connectivity index (χ3v) is 7.76. The highest BCUT2D eigenvalue weighted by Gasteiger charge is 2.43. The molecule has 2 fully saturated rings. The van der Waals surface area contributed by atoms with Gasteiger partial charge in [0.1, 0.15) is 11.6 Å². The van der Waals surface area contributed by atoms with Gasteiger partial charge in [0, 0.05) is 29.3 Å². The van der Waals surface area contributed by atoms with E-state index in [9.17, 15) is 23.2 Å². The van der Waals surface area contributed by atoms with Gasteiger partial charge in [0.15, 0.2) is 5.60 Å². The Morgan fingerprint density at radius 1 is 1.15 bits per heavy atom. The average Bonchev–Trinajstić information content (AvgIpc) is 3.15. The molecule has 2 amide bonds. The molecule has 13 heteroatoms. The highest BCUT2D eigenvalue weighted by molar-refractivity contribution is 6.36. The number of aromatic nitrogens is 1. The third-order valence-electron chi connectivity index (χ3n) is 7.11. The standard InChI is InChI=1S/C27H30Cl2F2N4O5/c1-27(2,40-21-7-15(8-24(36)37)19(28)11-20(21)29)26(39)34-16-9-17-4-5-18(10-16)35(17)23-6-3-14(12-32-23)25(38)33-13-22(30)31/h3,6-7,11-12,16-18,22H,4-5,8-10,13H2,1-2H3,(H,33,38)(H,34,39)(H,36,37)/t16-,17+,18-. The second-order valence-electron chi connectivity index (χ2n) is 10.5. The minimum Gasteiger partial charge on any atom is -0.481 e. The molecule has 0 aliphatic carbocycles. The number of hydrogen-bond donors (Lipinski definition) is 3. The van der Waals surface area contributed by atoms with Crippen molar-refractivity contribution in [2.24, 2.45) is 0 Å². The Bertz CT molecular complexity index is 1260. The first-order valence-electron chi connectivity index (χ1n) is 12.8. The summed E-state index contributed by atoms with van der Waals surface area (Å²) in [6.45, 7) is 2.50. The molecule has 2 bridgehead atoms. The summed E-state index contributed by atoms with van der Waals surface area (Å²) in [7, 11) is 0. The zero-order chi connectivity index (χ0) is 29.2. The Labute approximate surface area is 240 Å². The van der Waals surface area contributed by atoms with Crippen LogP contribution in [-0.2, 0) is 16.0 Å². The molecule has 0 spiro atoms. The van der Waals surface area contributed by atoms with E-state index >= 15 is 0 Å². The molecule has 2 saturated heterocycles. The van der Waals surface area contributed by atoms with Gasteiger partial charge in [-0.2, -0.15) is 0 Å². The lowest BCUT2D eigenvalue weighted by atomic mass is 9.96. The second kappa shape index (κ2) is 12.1. The average molecular weight is 599 g/mol. The minimum absolute atomic E-state index is 0.105. The number of amides is 2. The number of fused-ring (bicyclic) bond motifs is 2. The maximum atomic E-state index is 13.3. The summed E-state index contributed by atoms with van der Waals surface area (Å²) in [4.78, 5) is 43.0. The number of hydrogen-bond acceptors (Lipinski definition) is 6. The topological polar surface area (TPSA) is 121 Å². The highest BCUT2D eigenvalue weighted by Crippen LogP contribution is 2.39. The van der Waals surface area contributed by atoms with E-state index in [0.29, 0.717) is 24.2 Å². The number of carboxylic acids is 1. The maximum absolute atomic E-state index is 13.3. The number of ether oxygens (including phenoxy) is 1. The van der Waals surface area contributed by atoms with Gasteiger partial charge in [-0.15, -0.1) is 0 Å². The van der Waals surface area contributed by atoms with Crippen molar-refractivity contribution in [3.63, 3.8) is 0 Å². The number of nitrogens with one attached hydrogen (secondary N) is 2. The molecule has 1 aromatic carbocycles. The van der Waals surface area contributed by atoms with Gasteiger partial charge < -0.3 is 25.4 Å². The zero-order valence-corrected chi connectivity index (χ0v) is 23.4. The van der Waals surface area contributed by atoms with Crippen molar-refractivity contribution in [1.29, 1.82) is 0 Å². The number of nitrogens with zero attached hydrogens (tertiary/aromatic N) is 2. The van der Waals surface area contributed by atoms with Crippen LogP contribution in [0.2, 0.25) is 10.0 Å². The van der Waals surface area contributed by atoms with Crippen molar-refractivity contribution in [1.82, 2.24) is 15.6 Å². The van der Waals surface area contributed by atoms with Gasteiger partial charge in [-0.3, -0.25) is 14.4 Å². The first-order valence-corrected chi connectivity index (χ1v) is 13.6. The predicted octanol–water partition coefficient (Wildman–Crippen LogP) is 4.48. The van der Waals surface area contributed by atoms with Crippen LogP contribution in [-0.4, -0.2) is 64.6 Å². The largest absolute Gasteiger partial charge is 0.481 e. The molecule has 1 aromatic heterocycles. The minimum atomic E-state index is -2.63. The first kappa shape index (κ1) is 29.8. The van der Waals surface area contributed by atoms with E-state index in [-0.39, 0.29) is 51.8 Å². The van der Waals surface area contributed by atoms with E-state index in [4.69, 9.17) is 33.0 Å². The number of anilines is 1. The molecule has 216 valence electrons. The van der Waals surface area contributed by atoms with Crippen LogP contribution < -0.4 is 20.3 Å². The lowest BCUT2D eigenvalue weighted by Crippen LogP contribution is -2.55. The summed E-state index contributed by atoms with van der Waals surface area (Å²) in [5.41, 5.74) is -0.780. The van der Waals surface area contributed by atoms with Crippen LogP contribution >= 0.6 is 23.2 Å². The summed E-state index contributed by atoms with van der Waals surface area (Å²) in [5.74, 6) is -1.15. The van der Waals surface area contributed by atoms with Crippen molar-refractivity contribution in [3.05, 3.63) is 51.6 Å². The Morgan fingerprint density at radius 2 is 1.82 bits per heavy atom. The molecule has 0 radical (unpaired) electrons. The molecule has 2 aliphatic heterocycles. The van der Waals surface area contributed by atoms with E-state index in [2.05, 4.69) is 20.5 Å². The number of aliphatic carboxylic acids is 1. The van der Waals surface area contributed by atoms with Gasteiger partial charge in [-0.1, -0.05) is 23.2 Å². The van der Waals surface area contributed by atoms with E-state index < -0.39 is 30.4 Å². The fourth-order valence-corrected chi connectivity index (χ4v) is 5.73. The molecular formula is C27H30Cl2F2N4O5. The number of piperidine rings is 1. The van der Waals surface area contributed by atoms with Gasteiger partial charge in [0.05, 0.1) is 23.6 Å². The van der Waals surface area contributed by atoms with E-state index in [1.54, 1.807) is 26.0 Å². The van der Waals surface area contributed by atoms with Crippen LogP contribution in [0.3, 0.4) is 0 Å². The number of benzene rings is 1. The van der Waals surface area contributed by atoms with Crippen molar-refractivity contribution in [2.45, 2.75) is 76.1 Å². The lowest BCUT2D eigenvalue weighted by molar-refractivity contribution is -0.136. The fraction of sp³-hybridized carbons (Fsp3) is 0.481. The Kier molecular flexibility index (Phi) is 9.04. The van der Waals surface area contributed by atoms with Gasteiger partial charge in [-0.05, 0) is 69.4 Å². The second-order valence-corrected chi connectivity index (χ2v) is 11.3. The number of halogens is 4. The van der Waals surface area contributed by atoms with Crippen molar-refractivity contribution >= 4 is 46.8 Å². The van der Waals surface area contributed by atoms with Gasteiger partial charge in [-0.25, -0.2) is 13.8 Å².